The number of anilines is 1. The molecule has 0 saturated carbocycles. The molecule has 0 spiro atoms. The molecule has 0 saturated heterocycles. The van der Waals surface area contributed by atoms with E-state index in [0.29, 0.717) is 32.1 Å². The lowest BCUT2D eigenvalue weighted by atomic mass is 10.0. The van der Waals surface area contributed by atoms with Crippen molar-refractivity contribution in [2.75, 3.05) is 5.73 Å². The first-order valence-corrected chi connectivity index (χ1v) is 7.29. The molecular formula is C15H10BrClFN3. The van der Waals surface area contributed by atoms with Crippen LogP contribution in [-0.4, -0.2) is 10.2 Å². The van der Waals surface area contributed by atoms with Gasteiger partial charge < -0.3 is 5.73 Å². The van der Waals surface area contributed by atoms with E-state index in [4.69, 9.17) is 17.3 Å². The van der Waals surface area contributed by atoms with Gasteiger partial charge >= 0.3 is 0 Å². The van der Waals surface area contributed by atoms with Gasteiger partial charge in [-0.15, -0.1) is 0 Å². The van der Waals surface area contributed by atoms with Gasteiger partial charge in [-0.3, -0.25) is 5.10 Å². The van der Waals surface area contributed by atoms with Gasteiger partial charge in [0.25, 0.3) is 0 Å². The van der Waals surface area contributed by atoms with Gasteiger partial charge in [-0.1, -0.05) is 29.8 Å². The van der Waals surface area contributed by atoms with Crippen molar-refractivity contribution in [2.24, 2.45) is 0 Å². The second-order valence-corrected chi connectivity index (χ2v) is 5.76. The van der Waals surface area contributed by atoms with E-state index >= 15 is 0 Å². The quantitative estimate of drug-likeness (QED) is 0.679. The van der Waals surface area contributed by atoms with Crippen LogP contribution in [0.2, 0.25) is 5.02 Å². The van der Waals surface area contributed by atoms with Crippen LogP contribution in [0.25, 0.3) is 22.4 Å². The lowest BCUT2D eigenvalue weighted by Crippen LogP contribution is -1.91. The van der Waals surface area contributed by atoms with Crippen LogP contribution in [0, 0.1) is 5.82 Å². The van der Waals surface area contributed by atoms with Gasteiger partial charge in [0.1, 0.15) is 5.82 Å². The van der Waals surface area contributed by atoms with E-state index in [9.17, 15) is 4.39 Å². The van der Waals surface area contributed by atoms with Gasteiger partial charge in [-0.25, -0.2) is 4.39 Å². The summed E-state index contributed by atoms with van der Waals surface area (Å²) in [4.78, 5) is 0. The lowest BCUT2D eigenvalue weighted by molar-refractivity contribution is 0.630. The van der Waals surface area contributed by atoms with Gasteiger partial charge in [0, 0.05) is 9.50 Å². The molecule has 21 heavy (non-hydrogen) atoms. The molecule has 3 N–H and O–H groups in total. The molecule has 0 amide bonds. The first-order valence-electron chi connectivity index (χ1n) is 6.12. The fourth-order valence-corrected chi connectivity index (χ4v) is 2.94. The maximum atomic E-state index is 14.2. The summed E-state index contributed by atoms with van der Waals surface area (Å²) in [6.07, 6.45) is 0. The Kier molecular flexibility index (Phi) is 3.69. The van der Waals surface area contributed by atoms with E-state index in [1.165, 1.54) is 6.07 Å². The number of aromatic amines is 1. The van der Waals surface area contributed by atoms with Gasteiger partial charge in [0.15, 0.2) is 5.82 Å². The zero-order valence-electron chi connectivity index (χ0n) is 10.7. The van der Waals surface area contributed by atoms with Crippen molar-refractivity contribution in [1.82, 2.24) is 10.2 Å². The monoisotopic (exact) mass is 365 g/mol. The zero-order chi connectivity index (χ0) is 15.0. The van der Waals surface area contributed by atoms with Crippen LogP contribution < -0.4 is 5.73 Å². The maximum Gasteiger partial charge on any atom is 0.153 e. The van der Waals surface area contributed by atoms with E-state index < -0.39 is 0 Å². The fraction of sp³-hybridized carbons (Fsp3) is 0. The second kappa shape index (κ2) is 5.50. The number of nitrogen functional groups attached to an aromatic ring is 1. The number of benzene rings is 2. The minimum absolute atomic E-state index is 0.294. The topological polar surface area (TPSA) is 54.7 Å². The summed E-state index contributed by atoms with van der Waals surface area (Å²) in [5.74, 6) is -0.0706. The molecule has 0 bridgehead atoms. The molecule has 0 radical (unpaired) electrons. The number of hydrogen-bond donors (Lipinski definition) is 2. The van der Waals surface area contributed by atoms with Crippen molar-refractivity contribution < 1.29 is 4.39 Å². The summed E-state index contributed by atoms with van der Waals surface area (Å²) in [7, 11) is 0. The zero-order valence-corrected chi connectivity index (χ0v) is 13.0. The third kappa shape index (κ3) is 2.54. The fourth-order valence-electron chi connectivity index (χ4n) is 2.21. The first kappa shape index (κ1) is 14.1. The highest BCUT2D eigenvalue weighted by molar-refractivity contribution is 9.10. The Morgan fingerprint density at radius 3 is 2.62 bits per heavy atom. The predicted molar refractivity (Wildman–Crippen MR) is 86.5 cm³/mol. The third-order valence-corrected chi connectivity index (χ3v) is 4.02. The number of H-pyrrole nitrogens is 1. The van der Waals surface area contributed by atoms with Gasteiger partial charge in [-0.05, 0) is 45.8 Å². The molecule has 106 valence electrons. The summed E-state index contributed by atoms with van der Waals surface area (Å²) in [6, 6.07) is 12.0. The number of aromatic nitrogens is 2. The SMILES string of the molecule is Nc1n[nH]c(-c2c(F)cccc2Br)c1-c1cccc(Cl)c1. The summed E-state index contributed by atoms with van der Waals surface area (Å²) >= 11 is 9.38. The van der Waals surface area contributed by atoms with Crippen LogP contribution in [0.4, 0.5) is 10.2 Å². The molecule has 0 atom stereocenters. The highest BCUT2D eigenvalue weighted by Gasteiger charge is 2.19. The van der Waals surface area contributed by atoms with Crippen LogP contribution in [-0.2, 0) is 0 Å². The molecule has 2 aromatic carbocycles. The van der Waals surface area contributed by atoms with Crippen LogP contribution in [0.15, 0.2) is 46.9 Å². The average molecular weight is 367 g/mol. The van der Waals surface area contributed by atoms with Crippen LogP contribution >= 0.6 is 27.5 Å². The average Bonchev–Trinajstić information content (AvgIpc) is 2.80. The van der Waals surface area contributed by atoms with E-state index in [2.05, 4.69) is 26.1 Å². The summed E-state index contributed by atoms with van der Waals surface area (Å²) < 4.78 is 14.8. The molecule has 1 aromatic heterocycles. The van der Waals surface area contributed by atoms with E-state index in [-0.39, 0.29) is 5.82 Å². The van der Waals surface area contributed by atoms with Crippen LogP contribution in [0.1, 0.15) is 0 Å². The Morgan fingerprint density at radius 2 is 1.90 bits per heavy atom. The third-order valence-electron chi connectivity index (χ3n) is 3.12. The van der Waals surface area contributed by atoms with E-state index in [0.717, 1.165) is 5.56 Å². The number of hydrogen-bond acceptors (Lipinski definition) is 2. The summed E-state index contributed by atoms with van der Waals surface area (Å²) in [6.45, 7) is 0. The molecule has 3 aromatic rings. The number of nitrogens with zero attached hydrogens (tertiary/aromatic N) is 1. The molecule has 1 heterocycles. The van der Waals surface area contributed by atoms with Crippen LogP contribution in [0.3, 0.4) is 0 Å². The Hall–Kier alpha value is -1.85. The van der Waals surface area contributed by atoms with Crippen molar-refractivity contribution in [3.8, 4) is 22.4 Å². The Balaban J connectivity index is 2.27. The van der Waals surface area contributed by atoms with E-state index in [1.807, 2.05) is 12.1 Å². The summed E-state index contributed by atoms with van der Waals surface area (Å²) in [5.41, 5.74) is 8.24. The molecule has 0 aliphatic rings. The Bertz CT molecular complexity index is 796. The van der Waals surface area contributed by atoms with Crippen molar-refractivity contribution in [1.29, 1.82) is 0 Å². The maximum absolute atomic E-state index is 14.2. The highest BCUT2D eigenvalue weighted by atomic mass is 79.9. The largest absolute Gasteiger partial charge is 0.382 e. The molecule has 3 rings (SSSR count). The number of rotatable bonds is 2. The summed E-state index contributed by atoms with van der Waals surface area (Å²) in [5, 5.41) is 7.38. The predicted octanol–water partition coefficient (Wildman–Crippen LogP) is 4.88. The van der Waals surface area contributed by atoms with Gasteiger partial charge in [0.2, 0.25) is 0 Å². The molecule has 0 aliphatic carbocycles. The van der Waals surface area contributed by atoms with E-state index in [1.54, 1.807) is 24.3 Å². The lowest BCUT2D eigenvalue weighted by Gasteiger charge is -2.08. The Morgan fingerprint density at radius 1 is 1.14 bits per heavy atom. The first-order chi connectivity index (χ1) is 10.1. The standard InChI is InChI=1S/C15H10BrClFN3/c16-10-5-2-6-11(18)13(10)14-12(15(19)21-20-14)8-3-1-4-9(17)7-8/h1-7H,(H3,19,20,21). The van der Waals surface area contributed by atoms with Crippen molar-refractivity contribution in [3.63, 3.8) is 0 Å². The molecule has 6 heteroatoms. The normalized spacial score (nSPS) is 10.8. The van der Waals surface area contributed by atoms with Crippen molar-refractivity contribution in [3.05, 3.63) is 57.8 Å². The van der Waals surface area contributed by atoms with Crippen molar-refractivity contribution in [2.45, 2.75) is 0 Å². The van der Waals surface area contributed by atoms with Gasteiger partial charge in [-0.2, -0.15) is 5.10 Å². The molecule has 0 unspecified atom stereocenters. The second-order valence-electron chi connectivity index (χ2n) is 4.47. The molecule has 0 aliphatic heterocycles. The molecule has 0 fully saturated rings. The number of nitrogens with two attached hydrogens (primary N) is 1. The van der Waals surface area contributed by atoms with Crippen LogP contribution in [0.5, 0.6) is 0 Å². The highest BCUT2D eigenvalue weighted by Crippen LogP contribution is 2.39. The smallest absolute Gasteiger partial charge is 0.153 e. The molecular weight excluding hydrogens is 357 g/mol. The van der Waals surface area contributed by atoms with Crippen molar-refractivity contribution >= 4 is 33.3 Å². The number of nitrogens with one attached hydrogen (secondary N) is 1. The van der Waals surface area contributed by atoms with Gasteiger partial charge in [0.05, 0.1) is 16.8 Å². The molecule has 3 nitrogen and oxygen atoms in total. The minimum atomic E-state index is -0.365. The Labute approximate surface area is 134 Å². The number of halogens is 3. The minimum Gasteiger partial charge on any atom is -0.382 e.